The molecule has 0 aromatic rings. The van der Waals surface area contributed by atoms with E-state index in [0.29, 0.717) is 0 Å². The molecule has 1 N–H and O–H groups in total. The molecule has 1 atom stereocenters. The molecular formula is C7H12O2. The summed E-state index contributed by atoms with van der Waals surface area (Å²) in [6.45, 7) is 0.210. The average molecular weight is 128 g/mol. The maximum atomic E-state index is 8.70. The van der Waals surface area contributed by atoms with Gasteiger partial charge >= 0.3 is 0 Å². The Morgan fingerprint density at radius 3 is 2.56 bits per heavy atom. The third kappa shape index (κ3) is 0.864. The first kappa shape index (κ1) is 5.69. The standard InChI is InChI=1S/C7H12O2/c8-5-6-1-2-7(9-6)3-4-7/h6,8H,1-5H2. The van der Waals surface area contributed by atoms with Crippen molar-refractivity contribution in [3.8, 4) is 0 Å². The quantitative estimate of drug-likeness (QED) is 0.563. The molecule has 1 saturated heterocycles. The molecule has 0 aromatic carbocycles. The van der Waals surface area contributed by atoms with Crippen molar-refractivity contribution in [1.29, 1.82) is 0 Å². The van der Waals surface area contributed by atoms with Crippen LogP contribution in [0, 0.1) is 0 Å². The molecule has 2 fully saturated rings. The van der Waals surface area contributed by atoms with Gasteiger partial charge in [-0.2, -0.15) is 0 Å². The maximum Gasteiger partial charge on any atom is 0.0814 e. The first-order valence-corrected chi connectivity index (χ1v) is 3.63. The summed E-state index contributed by atoms with van der Waals surface area (Å²) in [5.41, 5.74) is 0.257. The van der Waals surface area contributed by atoms with E-state index < -0.39 is 0 Å². The highest BCUT2D eigenvalue weighted by molar-refractivity contribution is 5.00. The highest BCUT2D eigenvalue weighted by Crippen LogP contribution is 2.49. The largest absolute Gasteiger partial charge is 0.394 e. The number of aliphatic hydroxyl groups is 1. The van der Waals surface area contributed by atoms with Crippen LogP contribution in [-0.2, 0) is 4.74 Å². The average Bonchev–Trinajstić information content (AvgIpc) is 2.44. The van der Waals surface area contributed by atoms with Crippen molar-refractivity contribution in [2.24, 2.45) is 0 Å². The minimum absolute atomic E-state index is 0.160. The van der Waals surface area contributed by atoms with Gasteiger partial charge in [0, 0.05) is 0 Å². The Hall–Kier alpha value is -0.0800. The van der Waals surface area contributed by atoms with Gasteiger partial charge in [0.1, 0.15) is 0 Å². The van der Waals surface area contributed by atoms with Crippen molar-refractivity contribution in [3.05, 3.63) is 0 Å². The number of rotatable bonds is 1. The Labute approximate surface area is 54.8 Å². The molecule has 1 heterocycles. The molecule has 0 bridgehead atoms. The van der Waals surface area contributed by atoms with Gasteiger partial charge in [-0.05, 0) is 25.7 Å². The predicted molar refractivity (Wildman–Crippen MR) is 33.2 cm³/mol. The SMILES string of the molecule is OCC1CCC2(CC2)O1. The van der Waals surface area contributed by atoms with Crippen LogP contribution in [-0.4, -0.2) is 23.4 Å². The Bertz CT molecular complexity index is 118. The lowest BCUT2D eigenvalue weighted by atomic mass is 10.2. The molecule has 2 heteroatoms. The van der Waals surface area contributed by atoms with Crippen molar-refractivity contribution in [2.75, 3.05) is 6.61 Å². The van der Waals surface area contributed by atoms with E-state index in [0.717, 1.165) is 6.42 Å². The molecule has 9 heavy (non-hydrogen) atoms. The van der Waals surface area contributed by atoms with E-state index in [-0.39, 0.29) is 18.3 Å². The van der Waals surface area contributed by atoms with Gasteiger partial charge in [-0.1, -0.05) is 0 Å². The minimum atomic E-state index is 0.160. The summed E-state index contributed by atoms with van der Waals surface area (Å²) in [4.78, 5) is 0. The molecule has 1 aliphatic carbocycles. The molecule has 52 valence electrons. The number of hydrogen-bond donors (Lipinski definition) is 1. The topological polar surface area (TPSA) is 29.5 Å². The summed E-state index contributed by atoms with van der Waals surface area (Å²) in [6, 6.07) is 0. The van der Waals surface area contributed by atoms with Crippen molar-refractivity contribution < 1.29 is 9.84 Å². The van der Waals surface area contributed by atoms with Crippen molar-refractivity contribution in [2.45, 2.75) is 37.4 Å². The third-order valence-electron chi connectivity index (χ3n) is 2.35. The summed E-state index contributed by atoms with van der Waals surface area (Å²) in [7, 11) is 0. The molecule has 0 amide bonds. The zero-order valence-corrected chi connectivity index (χ0v) is 5.47. The molecule has 0 aromatic heterocycles. The fourth-order valence-corrected chi connectivity index (χ4v) is 1.53. The van der Waals surface area contributed by atoms with E-state index in [1.165, 1.54) is 19.3 Å². The summed E-state index contributed by atoms with van der Waals surface area (Å²) in [6.07, 6.45) is 4.86. The summed E-state index contributed by atoms with van der Waals surface area (Å²) >= 11 is 0. The molecule has 2 nitrogen and oxygen atoms in total. The highest BCUT2D eigenvalue weighted by atomic mass is 16.5. The van der Waals surface area contributed by atoms with Crippen LogP contribution < -0.4 is 0 Å². The van der Waals surface area contributed by atoms with E-state index in [9.17, 15) is 0 Å². The molecule has 1 unspecified atom stereocenters. The van der Waals surface area contributed by atoms with Crippen LogP contribution in [0.4, 0.5) is 0 Å². The van der Waals surface area contributed by atoms with Gasteiger partial charge in [-0.15, -0.1) is 0 Å². The van der Waals surface area contributed by atoms with Gasteiger partial charge in [0.05, 0.1) is 18.3 Å². The first-order valence-electron chi connectivity index (χ1n) is 3.63. The van der Waals surface area contributed by atoms with E-state index >= 15 is 0 Å². The van der Waals surface area contributed by atoms with Crippen LogP contribution in [0.5, 0.6) is 0 Å². The molecule has 1 spiro atoms. The Morgan fingerprint density at radius 2 is 2.22 bits per heavy atom. The fourth-order valence-electron chi connectivity index (χ4n) is 1.53. The van der Waals surface area contributed by atoms with Gasteiger partial charge in [-0.25, -0.2) is 0 Å². The van der Waals surface area contributed by atoms with Crippen molar-refractivity contribution in [1.82, 2.24) is 0 Å². The molecule has 2 rings (SSSR count). The Morgan fingerprint density at radius 1 is 1.44 bits per heavy atom. The van der Waals surface area contributed by atoms with Crippen LogP contribution in [0.25, 0.3) is 0 Å². The normalized spacial score (nSPS) is 37.7. The van der Waals surface area contributed by atoms with Gasteiger partial charge in [-0.3, -0.25) is 0 Å². The molecule has 1 saturated carbocycles. The molecule has 0 radical (unpaired) electrons. The number of aliphatic hydroxyl groups excluding tert-OH is 1. The van der Waals surface area contributed by atoms with E-state index in [1.807, 2.05) is 0 Å². The zero-order chi connectivity index (χ0) is 6.32. The zero-order valence-electron chi connectivity index (χ0n) is 5.47. The highest BCUT2D eigenvalue weighted by Gasteiger charge is 2.49. The number of hydrogen-bond acceptors (Lipinski definition) is 2. The van der Waals surface area contributed by atoms with Crippen LogP contribution in [0.2, 0.25) is 0 Å². The van der Waals surface area contributed by atoms with E-state index in [2.05, 4.69) is 0 Å². The van der Waals surface area contributed by atoms with Gasteiger partial charge in [0.25, 0.3) is 0 Å². The molecule has 2 aliphatic rings. The monoisotopic (exact) mass is 128 g/mol. The molecule has 1 aliphatic heterocycles. The number of ether oxygens (including phenoxy) is 1. The van der Waals surface area contributed by atoms with Crippen LogP contribution in [0.1, 0.15) is 25.7 Å². The Kier molecular flexibility index (Phi) is 1.08. The van der Waals surface area contributed by atoms with Gasteiger partial charge < -0.3 is 9.84 Å². The first-order chi connectivity index (χ1) is 4.35. The maximum absolute atomic E-state index is 8.70. The second kappa shape index (κ2) is 1.70. The van der Waals surface area contributed by atoms with E-state index in [1.54, 1.807) is 0 Å². The summed E-state index contributed by atoms with van der Waals surface area (Å²) in [5, 5.41) is 8.70. The lowest BCUT2D eigenvalue weighted by Gasteiger charge is -2.07. The Balaban J connectivity index is 1.93. The second-order valence-corrected chi connectivity index (χ2v) is 3.14. The lowest BCUT2D eigenvalue weighted by Crippen LogP contribution is -2.14. The van der Waals surface area contributed by atoms with Gasteiger partial charge in [0.15, 0.2) is 0 Å². The third-order valence-corrected chi connectivity index (χ3v) is 2.35. The van der Waals surface area contributed by atoms with Crippen LogP contribution >= 0.6 is 0 Å². The summed E-state index contributed by atoms with van der Waals surface area (Å²) in [5.74, 6) is 0. The lowest BCUT2D eigenvalue weighted by molar-refractivity contribution is -0.00188. The van der Waals surface area contributed by atoms with Gasteiger partial charge in [0.2, 0.25) is 0 Å². The fraction of sp³-hybridized carbons (Fsp3) is 1.00. The van der Waals surface area contributed by atoms with Crippen LogP contribution in [0.15, 0.2) is 0 Å². The van der Waals surface area contributed by atoms with Crippen molar-refractivity contribution >= 4 is 0 Å². The van der Waals surface area contributed by atoms with Crippen LogP contribution in [0.3, 0.4) is 0 Å². The second-order valence-electron chi connectivity index (χ2n) is 3.14. The minimum Gasteiger partial charge on any atom is -0.394 e. The predicted octanol–water partition coefficient (Wildman–Crippen LogP) is 0.690. The molecular weight excluding hydrogens is 116 g/mol. The van der Waals surface area contributed by atoms with E-state index in [4.69, 9.17) is 9.84 Å². The summed E-state index contributed by atoms with van der Waals surface area (Å²) < 4.78 is 5.56. The smallest absolute Gasteiger partial charge is 0.0814 e. The van der Waals surface area contributed by atoms with Crippen molar-refractivity contribution in [3.63, 3.8) is 0 Å².